The second-order valence-electron chi connectivity index (χ2n) is 6.09. The van der Waals surface area contributed by atoms with Crippen molar-refractivity contribution in [1.29, 1.82) is 0 Å². The maximum Gasteiger partial charge on any atom is 0.136 e. The lowest BCUT2D eigenvalue weighted by molar-refractivity contribution is 0.537. The van der Waals surface area contributed by atoms with Gasteiger partial charge in [-0.15, -0.1) is 0 Å². The standard InChI is InChI=1S/C19H23N3/c1-14-7-8-17(15(2)10-14)11-16(3)20-12-18-13-21-19-6-4-5-9-22(18)19/h4-10,13,16,20H,11-12H2,1-3H3. The second-order valence-corrected chi connectivity index (χ2v) is 6.09. The van der Waals surface area contributed by atoms with E-state index in [-0.39, 0.29) is 0 Å². The molecule has 2 aromatic heterocycles. The molecule has 0 radical (unpaired) electrons. The molecule has 0 saturated heterocycles. The molecular formula is C19H23N3. The van der Waals surface area contributed by atoms with Gasteiger partial charge in [0, 0.05) is 18.8 Å². The average Bonchev–Trinajstić information content (AvgIpc) is 2.91. The van der Waals surface area contributed by atoms with Crippen LogP contribution in [0.5, 0.6) is 0 Å². The van der Waals surface area contributed by atoms with Crippen molar-refractivity contribution in [3.63, 3.8) is 0 Å². The van der Waals surface area contributed by atoms with Crippen LogP contribution in [0.2, 0.25) is 0 Å². The van der Waals surface area contributed by atoms with Gasteiger partial charge in [0.1, 0.15) is 5.65 Å². The highest BCUT2D eigenvalue weighted by Crippen LogP contribution is 2.13. The summed E-state index contributed by atoms with van der Waals surface area (Å²) >= 11 is 0. The van der Waals surface area contributed by atoms with Crippen molar-refractivity contribution in [2.45, 2.75) is 39.8 Å². The third kappa shape index (κ3) is 3.20. The number of imidazole rings is 1. The number of hydrogen-bond acceptors (Lipinski definition) is 2. The first-order chi connectivity index (χ1) is 10.6. The Balaban J connectivity index is 1.63. The van der Waals surface area contributed by atoms with Gasteiger partial charge in [0.2, 0.25) is 0 Å². The van der Waals surface area contributed by atoms with Crippen molar-refractivity contribution >= 4 is 5.65 Å². The van der Waals surface area contributed by atoms with Gasteiger partial charge in [-0.25, -0.2) is 4.98 Å². The summed E-state index contributed by atoms with van der Waals surface area (Å²) in [6.45, 7) is 7.41. The molecule has 1 aromatic carbocycles. The van der Waals surface area contributed by atoms with Crippen LogP contribution in [0, 0.1) is 13.8 Å². The van der Waals surface area contributed by atoms with Gasteiger partial charge >= 0.3 is 0 Å². The van der Waals surface area contributed by atoms with Crippen molar-refractivity contribution in [2.75, 3.05) is 0 Å². The third-order valence-electron chi connectivity index (χ3n) is 4.15. The molecule has 0 spiro atoms. The van der Waals surface area contributed by atoms with Crippen LogP contribution in [0.15, 0.2) is 48.8 Å². The SMILES string of the molecule is Cc1ccc(CC(C)NCc2cnc3ccccn23)c(C)c1. The van der Waals surface area contributed by atoms with E-state index in [4.69, 9.17) is 0 Å². The Morgan fingerprint density at radius 2 is 2.05 bits per heavy atom. The lowest BCUT2D eigenvalue weighted by atomic mass is 10.00. The summed E-state index contributed by atoms with van der Waals surface area (Å²) in [6.07, 6.45) is 5.06. The van der Waals surface area contributed by atoms with E-state index in [0.717, 1.165) is 18.6 Å². The van der Waals surface area contributed by atoms with Gasteiger partial charge in [0.25, 0.3) is 0 Å². The van der Waals surface area contributed by atoms with Crippen LogP contribution >= 0.6 is 0 Å². The van der Waals surface area contributed by atoms with Gasteiger partial charge < -0.3 is 9.72 Å². The fourth-order valence-corrected chi connectivity index (χ4v) is 2.87. The van der Waals surface area contributed by atoms with E-state index in [1.54, 1.807) is 0 Å². The smallest absolute Gasteiger partial charge is 0.136 e. The van der Waals surface area contributed by atoms with Crippen molar-refractivity contribution in [1.82, 2.24) is 14.7 Å². The minimum absolute atomic E-state index is 0.427. The Bertz CT molecular complexity index is 773. The number of aryl methyl sites for hydroxylation is 2. The van der Waals surface area contributed by atoms with E-state index < -0.39 is 0 Å². The van der Waals surface area contributed by atoms with Crippen LogP contribution in [0.4, 0.5) is 0 Å². The lowest BCUT2D eigenvalue weighted by Gasteiger charge is -2.15. The Morgan fingerprint density at radius 3 is 2.86 bits per heavy atom. The van der Waals surface area contributed by atoms with Gasteiger partial charge in [0.15, 0.2) is 0 Å². The van der Waals surface area contributed by atoms with E-state index in [1.807, 2.05) is 24.4 Å². The Morgan fingerprint density at radius 1 is 1.18 bits per heavy atom. The molecule has 3 aromatic rings. The molecule has 0 aliphatic heterocycles. The van der Waals surface area contributed by atoms with Gasteiger partial charge in [-0.3, -0.25) is 0 Å². The van der Waals surface area contributed by atoms with E-state index in [1.165, 1.54) is 22.4 Å². The molecule has 3 nitrogen and oxygen atoms in total. The van der Waals surface area contributed by atoms with Crippen LogP contribution < -0.4 is 5.32 Å². The molecule has 1 atom stereocenters. The molecule has 1 unspecified atom stereocenters. The first kappa shape index (κ1) is 14.8. The number of fused-ring (bicyclic) bond motifs is 1. The third-order valence-corrected chi connectivity index (χ3v) is 4.15. The van der Waals surface area contributed by atoms with E-state index in [0.29, 0.717) is 6.04 Å². The van der Waals surface area contributed by atoms with E-state index in [9.17, 15) is 0 Å². The minimum Gasteiger partial charge on any atom is -0.308 e. The summed E-state index contributed by atoms with van der Waals surface area (Å²) in [6, 6.07) is 13.2. The molecule has 0 amide bonds. The molecule has 1 N–H and O–H groups in total. The number of pyridine rings is 1. The van der Waals surface area contributed by atoms with Crippen LogP contribution in [0.1, 0.15) is 29.3 Å². The van der Waals surface area contributed by atoms with Crippen LogP contribution in [-0.2, 0) is 13.0 Å². The van der Waals surface area contributed by atoms with Crippen molar-refractivity contribution < 1.29 is 0 Å². The highest BCUT2D eigenvalue weighted by atomic mass is 15.0. The second kappa shape index (κ2) is 6.32. The summed E-state index contributed by atoms with van der Waals surface area (Å²) in [7, 11) is 0. The molecule has 3 heteroatoms. The van der Waals surface area contributed by atoms with Crippen molar-refractivity contribution in [2.24, 2.45) is 0 Å². The zero-order valence-electron chi connectivity index (χ0n) is 13.5. The van der Waals surface area contributed by atoms with Gasteiger partial charge in [-0.2, -0.15) is 0 Å². The molecule has 3 rings (SSSR count). The summed E-state index contributed by atoms with van der Waals surface area (Å²) in [5, 5.41) is 3.61. The largest absolute Gasteiger partial charge is 0.308 e. The van der Waals surface area contributed by atoms with Gasteiger partial charge in [-0.05, 0) is 50.5 Å². The normalized spacial score (nSPS) is 12.7. The van der Waals surface area contributed by atoms with E-state index >= 15 is 0 Å². The van der Waals surface area contributed by atoms with Crippen molar-refractivity contribution in [3.8, 4) is 0 Å². The minimum atomic E-state index is 0.427. The summed E-state index contributed by atoms with van der Waals surface area (Å²) in [5.41, 5.74) is 6.32. The number of nitrogens with zero attached hydrogens (tertiary/aromatic N) is 2. The topological polar surface area (TPSA) is 29.3 Å². The Labute approximate surface area is 132 Å². The molecular weight excluding hydrogens is 270 g/mol. The monoisotopic (exact) mass is 293 g/mol. The van der Waals surface area contributed by atoms with Crippen LogP contribution in [0.3, 0.4) is 0 Å². The lowest BCUT2D eigenvalue weighted by Crippen LogP contribution is -2.28. The molecule has 0 aliphatic carbocycles. The number of aromatic nitrogens is 2. The zero-order valence-corrected chi connectivity index (χ0v) is 13.5. The first-order valence-electron chi connectivity index (χ1n) is 7.84. The number of hydrogen-bond donors (Lipinski definition) is 1. The van der Waals surface area contributed by atoms with E-state index in [2.05, 4.69) is 59.9 Å². The maximum absolute atomic E-state index is 4.43. The number of benzene rings is 1. The summed E-state index contributed by atoms with van der Waals surface area (Å²) in [5.74, 6) is 0. The summed E-state index contributed by atoms with van der Waals surface area (Å²) in [4.78, 5) is 4.43. The molecule has 0 saturated carbocycles. The highest BCUT2D eigenvalue weighted by Gasteiger charge is 2.08. The first-order valence-corrected chi connectivity index (χ1v) is 7.84. The number of rotatable bonds is 5. The maximum atomic E-state index is 4.43. The Kier molecular flexibility index (Phi) is 4.25. The molecule has 22 heavy (non-hydrogen) atoms. The molecule has 114 valence electrons. The molecule has 0 bridgehead atoms. The Hall–Kier alpha value is -2.13. The molecule has 0 fully saturated rings. The fraction of sp³-hybridized carbons (Fsp3) is 0.316. The van der Waals surface area contributed by atoms with Crippen molar-refractivity contribution in [3.05, 3.63) is 71.2 Å². The van der Waals surface area contributed by atoms with Crippen LogP contribution in [-0.4, -0.2) is 15.4 Å². The predicted molar refractivity (Wildman–Crippen MR) is 91.1 cm³/mol. The quantitative estimate of drug-likeness (QED) is 0.777. The molecule has 2 heterocycles. The zero-order chi connectivity index (χ0) is 15.5. The number of nitrogens with one attached hydrogen (secondary N) is 1. The summed E-state index contributed by atoms with van der Waals surface area (Å²) < 4.78 is 2.14. The highest BCUT2D eigenvalue weighted by molar-refractivity contribution is 5.39. The van der Waals surface area contributed by atoms with Crippen LogP contribution in [0.25, 0.3) is 5.65 Å². The van der Waals surface area contributed by atoms with Gasteiger partial charge in [-0.1, -0.05) is 29.8 Å². The molecule has 0 aliphatic rings. The van der Waals surface area contributed by atoms with Gasteiger partial charge in [0.05, 0.1) is 11.9 Å². The average molecular weight is 293 g/mol. The predicted octanol–water partition coefficient (Wildman–Crippen LogP) is 3.67. The fourth-order valence-electron chi connectivity index (χ4n) is 2.87.